The molecule has 1 amide bonds. The fraction of sp³-hybridized carbons (Fsp3) is 0.583. The molecule has 1 unspecified atom stereocenters. The highest BCUT2D eigenvalue weighted by Gasteiger charge is 2.18. The Kier molecular flexibility index (Phi) is 4.88. The maximum Gasteiger partial charge on any atom is 0.241 e. The molecule has 18 heavy (non-hydrogen) atoms. The van der Waals surface area contributed by atoms with Crippen LogP contribution in [0.2, 0.25) is 0 Å². The topological polar surface area (TPSA) is 78.9 Å². The fourth-order valence-corrected chi connectivity index (χ4v) is 1.74. The normalized spacial score (nSPS) is 12.1. The molecule has 1 rings (SSSR count). The molecule has 1 aromatic rings. The number of anilines is 2. The molecule has 0 aliphatic rings. The number of hydrogen-bond donors (Lipinski definition) is 3. The highest BCUT2D eigenvalue weighted by atomic mass is 16.2. The Morgan fingerprint density at radius 3 is 2.28 bits per heavy atom. The molecule has 0 spiro atoms. The number of aromatic nitrogens is 2. The molecule has 100 valence electrons. The molecule has 0 saturated heterocycles. The monoisotopic (exact) mass is 251 g/mol. The van der Waals surface area contributed by atoms with Crippen LogP contribution in [0, 0.1) is 0 Å². The van der Waals surface area contributed by atoms with Crippen LogP contribution in [-0.2, 0) is 4.79 Å². The van der Waals surface area contributed by atoms with Crippen molar-refractivity contribution in [2.24, 2.45) is 0 Å². The van der Waals surface area contributed by atoms with Crippen molar-refractivity contribution in [1.82, 2.24) is 15.3 Å². The number of nitrogens with zero attached hydrogens (tertiary/aromatic N) is 2. The first-order chi connectivity index (χ1) is 8.51. The molecule has 0 fully saturated rings. The van der Waals surface area contributed by atoms with Gasteiger partial charge in [0.25, 0.3) is 0 Å². The Morgan fingerprint density at radius 2 is 1.78 bits per heavy atom. The SMILES string of the molecule is CNC(=O)C(C)Nc1ncnc(NC)c1C(C)C. The van der Waals surface area contributed by atoms with E-state index in [1.54, 1.807) is 14.0 Å². The van der Waals surface area contributed by atoms with Crippen LogP contribution in [0.5, 0.6) is 0 Å². The molecule has 6 nitrogen and oxygen atoms in total. The highest BCUT2D eigenvalue weighted by Crippen LogP contribution is 2.28. The van der Waals surface area contributed by atoms with Gasteiger partial charge in [-0.05, 0) is 12.8 Å². The van der Waals surface area contributed by atoms with E-state index in [1.165, 1.54) is 6.33 Å². The van der Waals surface area contributed by atoms with Crippen molar-refractivity contribution >= 4 is 17.5 Å². The second-order valence-electron chi connectivity index (χ2n) is 4.37. The van der Waals surface area contributed by atoms with Gasteiger partial charge >= 0.3 is 0 Å². The molecular formula is C12H21N5O. The predicted octanol–water partition coefficient (Wildman–Crippen LogP) is 1.19. The van der Waals surface area contributed by atoms with Gasteiger partial charge in [0, 0.05) is 19.7 Å². The molecule has 0 bridgehead atoms. The van der Waals surface area contributed by atoms with E-state index >= 15 is 0 Å². The van der Waals surface area contributed by atoms with E-state index in [9.17, 15) is 4.79 Å². The zero-order valence-electron chi connectivity index (χ0n) is 11.5. The second kappa shape index (κ2) is 6.18. The van der Waals surface area contributed by atoms with Gasteiger partial charge in [0.15, 0.2) is 0 Å². The molecule has 0 aromatic carbocycles. The first-order valence-electron chi connectivity index (χ1n) is 6.02. The number of hydrogen-bond acceptors (Lipinski definition) is 5. The first kappa shape index (κ1) is 14.2. The molecule has 0 saturated carbocycles. The summed E-state index contributed by atoms with van der Waals surface area (Å²) in [6.45, 7) is 5.93. The molecular weight excluding hydrogens is 230 g/mol. The van der Waals surface area contributed by atoms with E-state index in [2.05, 4.69) is 39.8 Å². The predicted molar refractivity (Wildman–Crippen MR) is 72.8 cm³/mol. The third-order valence-corrected chi connectivity index (χ3v) is 2.69. The van der Waals surface area contributed by atoms with Gasteiger partial charge in [-0.1, -0.05) is 13.8 Å². The molecule has 0 aliphatic carbocycles. The minimum absolute atomic E-state index is 0.0747. The van der Waals surface area contributed by atoms with E-state index in [0.29, 0.717) is 5.82 Å². The Morgan fingerprint density at radius 1 is 1.17 bits per heavy atom. The van der Waals surface area contributed by atoms with Crippen molar-refractivity contribution in [1.29, 1.82) is 0 Å². The quantitative estimate of drug-likeness (QED) is 0.732. The van der Waals surface area contributed by atoms with Crippen molar-refractivity contribution in [3.8, 4) is 0 Å². The van der Waals surface area contributed by atoms with E-state index in [0.717, 1.165) is 11.4 Å². The molecule has 0 radical (unpaired) electrons. The summed E-state index contributed by atoms with van der Waals surface area (Å²) in [5.41, 5.74) is 0.982. The third-order valence-electron chi connectivity index (χ3n) is 2.69. The summed E-state index contributed by atoms with van der Waals surface area (Å²) in [7, 11) is 3.43. The van der Waals surface area contributed by atoms with E-state index in [-0.39, 0.29) is 17.9 Å². The number of carbonyl (C=O) groups excluding carboxylic acids is 1. The van der Waals surface area contributed by atoms with E-state index < -0.39 is 0 Å². The Balaban J connectivity index is 3.05. The maximum atomic E-state index is 11.5. The minimum Gasteiger partial charge on any atom is -0.373 e. The number of likely N-dealkylation sites (N-methyl/N-ethyl adjacent to an activating group) is 1. The van der Waals surface area contributed by atoms with E-state index in [4.69, 9.17) is 0 Å². The largest absolute Gasteiger partial charge is 0.373 e. The van der Waals surface area contributed by atoms with Crippen molar-refractivity contribution < 1.29 is 4.79 Å². The van der Waals surface area contributed by atoms with Crippen molar-refractivity contribution in [3.05, 3.63) is 11.9 Å². The summed E-state index contributed by atoms with van der Waals surface area (Å²) < 4.78 is 0. The lowest BCUT2D eigenvalue weighted by Crippen LogP contribution is -2.35. The third kappa shape index (κ3) is 3.09. The van der Waals surface area contributed by atoms with Gasteiger partial charge in [-0.25, -0.2) is 9.97 Å². The number of nitrogens with one attached hydrogen (secondary N) is 3. The Labute approximate surface area is 108 Å². The Hall–Kier alpha value is -1.85. The molecule has 1 heterocycles. The second-order valence-corrected chi connectivity index (χ2v) is 4.37. The molecule has 1 aromatic heterocycles. The van der Waals surface area contributed by atoms with Crippen LogP contribution in [0.25, 0.3) is 0 Å². The summed E-state index contributed by atoms with van der Waals surface area (Å²) in [5.74, 6) is 1.66. The summed E-state index contributed by atoms with van der Waals surface area (Å²) >= 11 is 0. The van der Waals surface area contributed by atoms with Crippen LogP contribution < -0.4 is 16.0 Å². The van der Waals surface area contributed by atoms with Crippen LogP contribution in [0.15, 0.2) is 6.33 Å². The number of rotatable bonds is 5. The zero-order chi connectivity index (χ0) is 13.7. The lowest BCUT2D eigenvalue weighted by atomic mass is 10.0. The molecule has 1 atom stereocenters. The molecule has 0 aliphatic heterocycles. The van der Waals surface area contributed by atoms with Crippen LogP contribution in [-0.4, -0.2) is 36.0 Å². The fourth-order valence-electron chi connectivity index (χ4n) is 1.74. The van der Waals surface area contributed by atoms with Gasteiger partial charge < -0.3 is 16.0 Å². The van der Waals surface area contributed by atoms with Crippen molar-refractivity contribution in [3.63, 3.8) is 0 Å². The van der Waals surface area contributed by atoms with Crippen LogP contribution in [0.1, 0.15) is 32.3 Å². The first-order valence-corrected chi connectivity index (χ1v) is 6.02. The number of amides is 1. The van der Waals surface area contributed by atoms with Gasteiger partial charge in [-0.2, -0.15) is 0 Å². The average molecular weight is 251 g/mol. The van der Waals surface area contributed by atoms with Gasteiger partial charge in [0.1, 0.15) is 24.0 Å². The summed E-state index contributed by atoms with van der Waals surface area (Å²) in [4.78, 5) is 19.9. The van der Waals surface area contributed by atoms with E-state index in [1.807, 2.05) is 7.05 Å². The lowest BCUT2D eigenvalue weighted by molar-refractivity contribution is -0.121. The number of carbonyl (C=O) groups is 1. The smallest absolute Gasteiger partial charge is 0.241 e. The maximum absolute atomic E-state index is 11.5. The summed E-state index contributed by atoms with van der Waals surface area (Å²) in [6.07, 6.45) is 1.48. The Bertz CT molecular complexity index is 419. The zero-order valence-corrected chi connectivity index (χ0v) is 11.5. The molecule has 3 N–H and O–H groups in total. The van der Waals surface area contributed by atoms with Crippen molar-refractivity contribution in [2.45, 2.75) is 32.7 Å². The highest BCUT2D eigenvalue weighted by molar-refractivity contribution is 5.84. The van der Waals surface area contributed by atoms with Gasteiger partial charge in [-0.3, -0.25) is 4.79 Å². The van der Waals surface area contributed by atoms with Crippen LogP contribution in [0.4, 0.5) is 11.6 Å². The van der Waals surface area contributed by atoms with Gasteiger partial charge in [0.2, 0.25) is 5.91 Å². The van der Waals surface area contributed by atoms with Crippen LogP contribution >= 0.6 is 0 Å². The van der Waals surface area contributed by atoms with Gasteiger partial charge in [-0.15, -0.1) is 0 Å². The van der Waals surface area contributed by atoms with Crippen molar-refractivity contribution in [2.75, 3.05) is 24.7 Å². The van der Waals surface area contributed by atoms with Crippen LogP contribution in [0.3, 0.4) is 0 Å². The average Bonchev–Trinajstić information content (AvgIpc) is 2.36. The molecule has 6 heteroatoms. The standard InChI is InChI=1S/C12H21N5O/c1-7(2)9-10(13-4)15-6-16-11(9)17-8(3)12(18)14-5/h6-8H,1-5H3,(H,14,18)(H2,13,15,16,17). The van der Waals surface area contributed by atoms with Gasteiger partial charge in [0.05, 0.1) is 0 Å². The minimum atomic E-state index is -0.341. The summed E-state index contributed by atoms with van der Waals surface area (Å²) in [5, 5.41) is 8.76. The lowest BCUT2D eigenvalue weighted by Gasteiger charge is -2.19. The summed E-state index contributed by atoms with van der Waals surface area (Å²) in [6, 6.07) is -0.341.